The molecule has 1 unspecified atom stereocenters. The molecule has 5 heteroatoms. The third kappa shape index (κ3) is 2.92. The second-order valence-corrected chi connectivity index (χ2v) is 4.70. The highest BCUT2D eigenvalue weighted by Gasteiger charge is 2.19. The normalized spacial score (nSPS) is 12.5. The fraction of sp³-hybridized carbons (Fsp3) is 0.143. The maximum Gasteiger partial charge on any atom is 0.128 e. The molecule has 1 atom stereocenters. The predicted molar refractivity (Wildman–Crippen MR) is 71.7 cm³/mol. The van der Waals surface area contributed by atoms with Gasteiger partial charge in [-0.15, -0.1) is 0 Å². The Morgan fingerprint density at radius 3 is 2.53 bits per heavy atom. The molecule has 0 aliphatic carbocycles. The molecular formula is C14H13ClF2N2. The van der Waals surface area contributed by atoms with E-state index in [1.54, 1.807) is 18.2 Å². The number of aryl methyl sites for hydroxylation is 1. The van der Waals surface area contributed by atoms with Crippen LogP contribution in [-0.4, -0.2) is 0 Å². The van der Waals surface area contributed by atoms with E-state index in [4.69, 9.17) is 17.4 Å². The maximum atomic E-state index is 13.8. The molecule has 0 fully saturated rings. The summed E-state index contributed by atoms with van der Waals surface area (Å²) in [6.45, 7) is 1.85. The van der Waals surface area contributed by atoms with E-state index in [0.29, 0.717) is 10.6 Å². The Hall–Kier alpha value is -1.49. The molecule has 2 nitrogen and oxygen atoms in total. The second-order valence-electron chi connectivity index (χ2n) is 4.27. The third-order valence-corrected chi connectivity index (χ3v) is 3.22. The lowest BCUT2D eigenvalue weighted by Crippen LogP contribution is -2.30. The second kappa shape index (κ2) is 5.65. The van der Waals surface area contributed by atoms with Gasteiger partial charge in [-0.05, 0) is 48.4 Å². The van der Waals surface area contributed by atoms with Crippen LogP contribution < -0.4 is 11.3 Å². The van der Waals surface area contributed by atoms with Crippen LogP contribution in [0, 0.1) is 18.6 Å². The SMILES string of the molecule is Cc1ccc(Cl)cc1C(NN)c1cc(F)ccc1F. The van der Waals surface area contributed by atoms with E-state index in [9.17, 15) is 8.78 Å². The van der Waals surface area contributed by atoms with Crippen LogP contribution in [0.3, 0.4) is 0 Å². The van der Waals surface area contributed by atoms with E-state index < -0.39 is 17.7 Å². The van der Waals surface area contributed by atoms with Crippen molar-refractivity contribution in [3.63, 3.8) is 0 Å². The fourth-order valence-corrected chi connectivity index (χ4v) is 2.19. The number of halogens is 3. The van der Waals surface area contributed by atoms with Crippen LogP contribution in [0.4, 0.5) is 8.78 Å². The van der Waals surface area contributed by atoms with E-state index in [0.717, 1.165) is 23.8 Å². The average molecular weight is 283 g/mol. The summed E-state index contributed by atoms with van der Waals surface area (Å²) in [5, 5.41) is 0.512. The summed E-state index contributed by atoms with van der Waals surface area (Å²) in [5.41, 5.74) is 4.24. The predicted octanol–water partition coefficient (Wildman–Crippen LogP) is 3.48. The fourth-order valence-electron chi connectivity index (χ4n) is 2.01. The van der Waals surface area contributed by atoms with Crippen molar-refractivity contribution in [3.05, 3.63) is 69.7 Å². The molecule has 0 aliphatic rings. The Morgan fingerprint density at radius 2 is 1.84 bits per heavy atom. The van der Waals surface area contributed by atoms with E-state index in [1.807, 2.05) is 6.92 Å². The van der Waals surface area contributed by atoms with Gasteiger partial charge >= 0.3 is 0 Å². The summed E-state index contributed by atoms with van der Waals surface area (Å²) in [5.74, 6) is 4.45. The molecule has 0 saturated heterocycles. The van der Waals surface area contributed by atoms with Gasteiger partial charge in [0.05, 0.1) is 6.04 Å². The average Bonchev–Trinajstić information content (AvgIpc) is 2.38. The van der Waals surface area contributed by atoms with Crippen LogP contribution in [0.1, 0.15) is 22.7 Å². The number of rotatable bonds is 3. The van der Waals surface area contributed by atoms with E-state index in [2.05, 4.69) is 5.43 Å². The van der Waals surface area contributed by atoms with Crippen LogP contribution in [0.25, 0.3) is 0 Å². The zero-order valence-corrected chi connectivity index (χ0v) is 11.0. The highest BCUT2D eigenvalue weighted by molar-refractivity contribution is 6.30. The van der Waals surface area contributed by atoms with Crippen molar-refractivity contribution in [2.24, 2.45) is 5.84 Å². The summed E-state index contributed by atoms with van der Waals surface area (Å²) in [4.78, 5) is 0. The molecule has 100 valence electrons. The molecular weight excluding hydrogens is 270 g/mol. The Balaban J connectivity index is 2.55. The van der Waals surface area contributed by atoms with Crippen LogP contribution in [0.15, 0.2) is 36.4 Å². The minimum atomic E-state index is -0.658. The van der Waals surface area contributed by atoms with Gasteiger partial charge in [-0.1, -0.05) is 17.7 Å². The standard InChI is InChI=1S/C14H13ClF2N2/c1-8-2-3-9(15)6-11(8)14(19-18)12-7-10(16)4-5-13(12)17/h2-7,14,19H,18H2,1H3. The molecule has 0 heterocycles. The van der Waals surface area contributed by atoms with Gasteiger partial charge < -0.3 is 0 Å². The number of hydrogen-bond donors (Lipinski definition) is 2. The molecule has 3 N–H and O–H groups in total. The number of nitrogens with two attached hydrogens (primary N) is 1. The van der Waals surface area contributed by atoms with Crippen LogP contribution in [0.5, 0.6) is 0 Å². The molecule has 0 aliphatic heterocycles. The first-order valence-electron chi connectivity index (χ1n) is 5.70. The van der Waals surface area contributed by atoms with E-state index >= 15 is 0 Å². The minimum Gasteiger partial charge on any atom is -0.271 e. The summed E-state index contributed by atoms with van der Waals surface area (Å²) in [7, 11) is 0. The lowest BCUT2D eigenvalue weighted by molar-refractivity contribution is 0.544. The van der Waals surface area contributed by atoms with Crippen molar-refractivity contribution in [2.75, 3.05) is 0 Å². The number of nitrogens with one attached hydrogen (secondary N) is 1. The highest BCUT2D eigenvalue weighted by Crippen LogP contribution is 2.28. The van der Waals surface area contributed by atoms with Crippen molar-refractivity contribution in [1.82, 2.24) is 5.43 Å². The Bertz CT molecular complexity index is 550. The number of hydrazine groups is 1. The molecule has 0 bridgehead atoms. The largest absolute Gasteiger partial charge is 0.271 e. The molecule has 2 aromatic rings. The highest BCUT2D eigenvalue weighted by atomic mass is 35.5. The first-order chi connectivity index (χ1) is 9.02. The monoisotopic (exact) mass is 282 g/mol. The van der Waals surface area contributed by atoms with Crippen LogP contribution >= 0.6 is 11.6 Å². The van der Waals surface area contributed by atoms with Crippen molar-refractivity contribution < 1.29 is 8.78 Å². The molecule has 0 aromatic heterocycles. The van der Waals surface area contributed by atoms with Gasteiger partial charge in [0.15, 0.2) is 0 Å². The van der Waals surface area contributed by atoms with Crippen molar-refractivity contribution in [2.45, 2.75) is 13.0 Å². The van der Waals surface area contributed by atoms with Gasteiger partial charge in [-0.25, -0.2) is 14.2 Å². The molecule has 0 saturated carbocycles. The number of benzene rings is 2. The zero-order chi connectivity index (χ0) is 14.0. The molecule has 2 aromatic carbocycles. The first kappa shape index (κ1) is 13.9. The maximum absolute atomic E-state index is 13.8. The van der Waals surface area contributed by atoms with Crippen molar-refractivity contribution in [1.29, 1.82) is 0 Å². The van der Waals surface area contributed by atoms with Crippen molar-refractivity contribution >= 4 is 11.6 Å². The Morgan fingerprint density at radius 1 is 1.11 bits per heavy atom. The Labute approximate surface area is 115 Å². The first-order valence-corrected chi connectivity index (χ1v) is 6.08. The quantitative estimate of drug-likeness (QED) is 0.668. The summed E-state index contributed by atoms with van der Waals surface area (Å²) >= 11 is 5.94. The summed E-state index contributed by atoms with van der Waals surface area (Å²) in [6, 6.07) is 7.84. The molecule has 0 radical (unpaired) electrons. The van der Waals surface area contributed by atoms with Gasteiger partial charge in [0.1, 0.15) is 11.6 Å². The zero-order valence-electron chi connectivity index (χ0n) is 10.3. The molecule has 2 rings (SSSR count). The van der Waals surface area contributed by atoms with Gasteiger partial charge in [-0.3, -0.25) is 5.84 Å². The van der Waals surface area contributed by atoms with Gasteiger partial charge in [-0.2, -0.15) is 0 Å². The lowest BCUT2D eigenvalue weighted by atomic mass is 9.95. The molecule has 0 amide bonds. The lowest BCUT2D eigenvalue weighted by Gasteiger charge is -2.20. The van der Waals surface area contributed by atoms with Crippen molar-refractivity contribution in [3.8, 4) is 0 Å². The van der Waals surface area contributed by atoms with Gasteiger partial charge in [0.25, 0.3) is 0 Å². The van der Waals surface area contributed by atoms with E-state index in [1.165, 1.54) is 0 Å². The summed E-state index contributed by atoms with van der Waals surface area (Å²) < 4.78 is 27.1. The third-order valence-electron chi connectivity index (χ3n) is 2.99. The minimum absolute atomic E-state index is 0.146. The molecule has 19 heavy (non-hydrogen) atoms. The smallest absolute Gasteiger partial charge is 0.128 e. The van der Waals surface area contributed by atoms with Crippen LogP contribution in [-0.2, 0) is 0 Å². The van der Waals surface area contributed by atoms with Gasteiger partial charge in [0.2, 0.25) is 0 Å². The molecule has 0 spiro atoms. The number of hydrogen-bond acceptors (Lipinski definition) is 2. The van der Waals surface area contributed by atoms with Crippen LogP contribution in [0.2, 0.25) is 5.02 Å². The summed E-state index contributed by atoms with van der Waals surface area (Å²) in [6.07, 6.45) is 0. The van der Waals surface area contributed by atoms with E-state index in [-0.39, 0.29) is 5.56 Å². The van der Waals surface area contributed by atoms with Gasteiger partial charge in [0, 0.05) is 10.6 Å². The topological polar surface area (TPSA) is 38.0 Å². The Kier molecular flexibility index (Phi) is 4.14.